The van der Waals surface area contributed by atoms with Gasteiger partial charge in [-0.05, 0) is 112 Å². The first-order valence-electron chi connectivity index (χ1n) is 29.6. The van der Waals surface area contributed by atoms with Crippen LogP contribution >= 0.6 is 11.3 Å². The van der Waals surface area contributed by atoms with Crippen molar-refractivity contribution in [3.8, 4) is 45.2 Å². The van der Waals surface area contributed by atoms with Crippen LogP contribution in [-0.4, -0.2) is 139 Å². The Kier molecular flexibility index (Phi) is 15.9. The van der Waals surface area contributed by atoms with E-state index in [2.05, 4.69) is 98.5 Å². The topological polar surface area (TPSA) is 216 Å². The molecule has 2 amide bonds. The number of hydrogen-bond acceptors (Lipinski definition) is 17. The number of phenols is 1. The molecule has 5 atom stereocenters. The van der Waals surface area contributed by atoms with Crippen LogP contribution in [0.4, 0.5) is 23.0 Å². The summed E-state index contributed by atoms with van der Waals surface area (Å²) in [5.41, 5.74) is 13.6. The Hall–Kier alpha value is -7.27. The number of hydrogen-bond donors (Lipinski definition) is 4. The Labute approximate surface area is 484 Å². The molecular formula is C63H76N12O6S. The average molecular weight is 1130 g/mol. The molecule has 6 fully saturated rings. The van der Waals surface area contributed by atoms with Crippen LogP contribution in [0.3, 0.4) is 0 Å². The molecule has 2 aromatic carbocycles. The van der Waals surface area contributed by atoms with Gasteiger partial charge in [-0.15, -0.1) is 21.5 Å². The van der Waals surface area contributed by atoms with Gasteiger partial charge >= 0.3 is 0 Å². The van der Waals surface area contributed by atoms with Gasteiger partial charge < -0.3 is 55.0 Å². The van der Waals surface area contributed by atoms with Crippen molar-refractivity contribution in [2.75, 3.05) is 72.8 Å². The van der Waals surface area contributed by atoms with Gasteiger partial charge in [-0.2, -0.15) is 0 Å². The molecule has 0 spiro atoms. The molecule has 9 heterocycles. The molecule has 82 heavy (non-hydrogen) atoms. The highest BCUT2D eigenvalue weighted by Gasteiger charge is 2.43. The van der Waals surface area contributed by atoms with Crippen LogP contribution in [0.2, 0.25) is 0 Å². The molecule has 2 bridgehead atoms. The lowest BCUT2D eigenvalue weighted by molar-refractivity contribution is -0.141. The minimum Gasteiger partial charge on any atom is -0.507 e. The number of nitrogens with zero attached hydrogens (tertiary/aromatic N) is 10. The van der Waals surface area contributed by atoms with Crippen LogP contribution in [0.25, 0.3) is 21.7 Å². The molecule has 5 saturated heterocycles. The minimum atomic E-state index is -0.978. The van der Waals surface area contributed by atoms with E-state index in [1.165, 1.54) is 0 Å². The highest BCUT2D eigenvalue weighted by Crippen LogP contribution is 2.41. The number of pyridine rings is 1. The van der Waals surface area contributed by atoms with E-state index in [1.807, 2.05) is 63.7 Å². The van der Waals surface area contributed by atoms with Crippen molar-refractivity contribution in [2.45, 2.75) is 134 Å². The molecule has 19 heteroatoms. The number of nitrogen functional groups attached to an aromatic ring is 1. The quantitative estimate of drug-likeness (QED) is 0.0708. The Bertz CT molecular complexity index is 3290. The van der Waals surface area contributed by atoms with Gasteiger partial charge in [-0.1, -0.05) is 67.2 Å². The summed E-state index contributed by atoms with van der Waals surface area (Å²) in [7, 11) is 0. The smallest absolute Gasteiger partial charge is 0.243 e. The number of nitrogens with two attached hydrogens (primary N) is 1. The van der Waals surface area contributed by atoms with Crippen LogP contribution in [0.15, 0.2) is 89.0 Å². The molecule has 1 saturated carbocycles. The standard InChI is InChI=1S/C63H76N12O6S/c1-39(2)58(62(78)74-25-7-9-52(74)61(77)67-40(3)44-11-13-45(14-12-44)59-41(4)66-38-82-59)55-34-56(70-81-55)72-26-19-42(20-27-72)35-71-28-22-63(79,23-29-71)21-17-43-30-49(31-43)80-57-32-46(18-24-65-57)75-47-15-16-48(75)37-73(36-47)53-33-51(68-69-60(53)64)50-8-5-6-10-54(50)76/h5-6,8,10-14,18,24,32-34,38-40,42-43,47-49,52,58,76,79H,7,9,15-16,19-20,22-23,25-31,35-37H2,1-4H3,(H2,64,69)(H,67,77). The number of rotatable bonds is 15. The number of phenolic OH excluding ortho intramolecular Hbond substituents is 1. The predicted molar refractivity (Wildman–Crippen MR) is 317 cm³/mol. The van der Waals surface area contributed by atoms with Gasteiger partial charge in [0.1, 0.15) is 29.4 Å². The van der Waals surface area contributed by atoms with E-state index >= 15 is 0 Å². The van der Waals surface area contributed by atoms with E-state index in [0.717, 1.165) is 130 Å². The lowest BCUT2D eigenvalue weighted by Crippen LogP contribution is -2.54. The van der Waals surface area contributed by atoms with E-state index in [9.17, 15) is 19.8 Å². The van der Waals surface area contributed by atoms with Crippen molar-refractivity contribution in [3.05, 3.63) is 102 Å². The van der Waals surface area contributed by atoms with Crippen LogP contribution in [0.1, 0.15) is 114 Å². The van der Waals surface area contributed by atoms with Crippen molar-refractivity contribution in [1.29, 1.82) is 0 Å². The number of aryl methyl sites for hydroxylation is 1. The first-order valence-corrected chi connectivity index (χ1v) is 30.5. The van der Waals surface area contributed by atoms with Crippen LogP contribution in [-0.2, 0) is 9.59 Å². The Balaban J connectivity index is 0.570. The molecule has 5 N–H and O–H groups in total. The molecule has 1 aliphatic carbocycles. The lowest BCUT2D eigenvalue weighted by atomic mass is 9.81. The number of thiazole rings is 1. The van der Waals surface area contributed by atoms with Crippen LogP contribution in [0, 0.1) is 36.5 Å². The number of benzene rings is 2. The van der Waals surface area contributed by atoms with Crippen molar-refractivity contribution in [3.63, 3.8) is 0 Å². The van der Waals surface area contributed by atoms with E-state index in [-0.39, 0.29) is 53.6 Å². The molecular weight excluding hydrogens is 1050 g/mol. The predicted octanol–water partition coefficient (Wildman–Crippen LogP) is 8.62. The molecule has 6 aliphatic rings. The minimum absolute atomic E-state index is 0.0332. The zero-order chi connectivity index (χ0) is 56.6. The SMILES string of the molecule is Cc1ncsc1-c1ccc(C(C)NC(=O)C2CCCN2C(=O)C(c2cc(N3CCC(CN4CCC(O)(C#CC5CC(Oc6cc(N7C8CCC7CN(c7cc(-c9ccccc9O)nnc7N)C8)ccn6)C5)CC4)CC3)no2)C(C)C)cc1. The number of piperidine rings is 2. The Morgan fingerprint density at radius 3 is 2.38 bits per heavy atom. The first-order chi connectivity index (χ1) is 39.7. The van der Waals surface area contributed by atoms with Crippen molar-refractivity contribution in [1.82, 2.24) is 40.4 Å². The number of nitrogens with one attached hydrogen (secondary N) is 1. The number of fused-ring (bicyclic) bond motifs is 2. The van der Waals surface area contributed by atoms with Crippen LogP contribution in [0.5, 0.6) is 11.6 Å². The zero-order valence-corrected chi connectivity index (χ0v) is 48.3. The number of amides is 2. The Morgan fingerprint density at radius 2 is 1.66 bits per heavy atom. The van der Waals surface area contributed by atoms with Gasteiger partial charge in [0.15, 0.2) is 17.4 Å². The normalized spacial score (nSPS) is 23.5. The second-order valence-electron chi connectivity index (χ2n) is 24.1. The number of aromatic nitrogens is 5. The third-order valence-corrected chi connectivity index (χ3v) is 19.2. The summed E-state index contributed by atoms with van der Waals surface area (Å²) in [6.45, 7) is 14.5. The summed E-state index contributed by atoms with van der Waals surface area (Å²) in [6.07, 6.45) is 10.3. The highest BCUT2D eigenvalue weighted by molar-refractivity contribution is 7.13. The monoisotopic (exact) mass is 1130 g/mol. The summed E-state index contributed by atoms with van der Waals surface area (Å²) >= 11 is 1.62. The van der Waals surface area contributed by atoms with E-state index in [1.54, 1.807) is 28.4 Å². The fourth-order valence-electron chi connectivity index (χ4n) is 13.4. The molecule has 5 unspecified atom stereocenters. The van der Waals surface area contributed by atoms with E-state index < -0.39 is 17.6 Å². The molecule has 0 radical (unpaired) electrons. The first kappa shape index (κ1) is 55.3. The number of likely N-dealkylation sites (tertiary alicyclic amines) is 2. The molecule has 18 nitrogen and oxygen atoms in total. The summed E-state index contributed by atoms with van der Waals surface area (Å²) in [5.74, 6) is 9.08. The van der Waals surface area contributed by atoms with Gasteiger partial charge in [0, 0.05) is 113 Å². The molecule has 6 aromatic rings. The second kappa shape index (κ2) is 23.5. The maximum absolute atomic E-state index is 14.4. The molecule has 4 aromatic heterocycles. The maximum atomic E-state index is 14.4. The number of para-hydroxylation sites is 1. The average Bonchev–Trinajstić information content (AvgIpc) is 4.42. The molecule has 12 rings (SSSR count). The fraction of sp³-hybridized carbons (Fsp3) is 0.508. The van der Waals surface area contributed by atoms with E-state index in [0.29, 0.717) is 60.4 Å². The third kappa shape index (κ3) is 11.7. The number of piperazine rings is 1. The number of carbonyl (C=O) groups excluding carboxylic acids is 2. The maximum Gasteiger partial charge on any atom is 0.243 e. The second-order valence-corrected chi connectivity index (χ2v) is 25.0. The summed E-state index contributed by atoms with van der Waals surface area (Å²) in [6, 6.07) is 23.2. The van der Waals surface area contributed by atoms with Gasteiger partial charge in [0.25, 0.3) is 0 Å². The summed E-state index contributed by atoms with van der Waals surface area (Å²) in [5, 5.41) is 38.3. The van der Waals surface area contributed by atoms with E-state index in [4.69, 9.17) is 15.0 Å². The van der Waals surface area contributed by atoms with Crippen molar-refractivity contribution >= 4 is 46.2 Å². The largest absolute Gasteiger partial charge is 0.507 e. The fourth-order valence-corrected chi connectivity index (χ4v) is 14.2. The summed E-state index contributed by atoms with van der Waals surface area (Å²) < 4.78 is 12.4. The van der Waals surface area contributed by atoms with Gasteiger partial charge in [-0.3, -0.25) is 9.59 Å². The molecule has 430 valence electrons. The van der Waals surface area contributed by atoms with Crippen LogP contribution < -0.4 is 30.5 Å². The zero-order valence-electron chi connectivity index (χ0n) is 47.5. The highest BCUT2D eigenvalue weighted by atomic mass is 32.1. The number of aromatic hydroxyl groups is 1. The number of aliphatic hydroxyl groups is 1. The molecule has 5 aliphatic heterocycles. The number of anilines is 4. The Morgan fingerprint density at radius 1 is 0.902 bits per heavy atom. The number of carbonyl (C=O) groups is 2. The van der Waals surface area contributed by atoms with Gasteiger partial charge in [0.2, 0.25) is 17.7 Å². The van der Waals surface area contributed by atoms with Gasteiger partial charge in [0.05, 0.1) is 33.5 Å². The number of ether oxygens (including phenoxy) is 1. The summed E-state index contributed by atoms with van der Waals surface area (Å²) in [4.78, 5) is 49.6. The third-order valence-electron chi connectivity index (χ3n) is 18.2. The lowest BCUT2D eigenvalue weighted by Gasteiger charge is -2.43. The van der Waals surface area contributed by atoms with Crippen molar-refractivity contribution in [2.24, 2.45) is 17.8 Å². The van der Waals surface area contributed by atoms with Crippen molar-refractivity contribution < 1.29 is 29.1 Å². The van der Waals surface area contributed by atoms with Gasteiger partial charge in [-0.25, -0.2) is 9.97 Å².